The molecule has 1 aromatic rings. The van der Waals surface area contributed by atoms with Crippen LogP contribution in [0.3, 0.4) is 0 Å². The lowest BCUT2D eigenvalue weighted by atomic mass is 9.96. The van der Waals surface area contributed by atoms with Gasteiger partial charge in [-0.25, -0.2) is 0 Å². The standard InChI is InChI=1S/C17H26N2O2/c1-13-11-18-9-5-4-6-14(18)12-19(13)16-10-15(20-2)7-8-17(16)21-3/h7-8,10,13-14H,4-6,9,11-12H2,1-3H3. The van der Waals surface area contributed by atoms with Crippen LogP contribution < -0.4 is 14.4 Å². The molecule has 0 aromatic heterocycles. The van der Waals surface area contributed by atoms with Crippen LogP contribution in [0.25, 0.3) is 0 Å². The Hall–Kier alpha value is -1.42. The molecule has 2 saturated heterocycles. The molecule has 2 heterocycles. The van der Waals surface area contributed by atoms with Crippen LogP contribution in [0.15, 0.2) is 18.2 Å². The SMILES string of the molecule is COc1ccc(OC)c(N2CC3CCCCN3CC2C)c1. The van der Waals surface area contributed by atoms with Crippen LogP contribution in [-0.4, -0.2) is 50.8 Å². The Morgan fingerprint density at radius 2 is 1.95 bits per heavy atom. The summed E-state index contributed by atoms with van der Waals surface area (Å²) >= 11 is 0. The maximum Gasteiger partial charge on any atom is 0.142 e. The zero-order valence-electron chi connectivity index (χ0n) is 13.3. The number of rotatable bonds is 3. The first-order chi connectivity index (χ1) is 10.2. The fourth-order valence-corrected chi connectivity index (χ4v) is 3.71. The van der Waals surface area contributed by atoms with Crippen molar-refractivity contribution in [2.45, 2.75) is 38.3 Å². The molecule has 3 rings (SSSR count). The van der Waals surface area contributed by atoms with E-state index in [1.165, 1.54) is 25.8 Å². The van der Waals surface area contributed by atoms with Gasteiger partial charge >= 0.3 is 0 Å². The average Bonchev–Trinajstić information content (AvgIpc) is 2.53. The van der Waals surface area contributed by atoms with Gasteiger partial charge in [0.2, 0.25) is 0 Å². The van der Waals surface area contributed by atoms with Gasteiger partial charge < -0.3 is 14.4 Å². The van der Waals surface area contributed by atoms with Crippen LogP contribution >= 0.6 is 0 Å². The van der Waals surface area contributed by atoms with Crippen molar-refractivity contribution in [3.05, 3.63) is 18.2 Å². The highest BCUT2D eigenvalue weighted by Crippen LogP contribution is 2.36. The van der Waals surface area contributed by atoms with Gasteiger partial charge in [-0.3, -0.25) is 4.90 Å². The van der Waals surface area contributed by atoms with Crippen LogP contribution in [0.2, 0.25) is 0 Å². The van der Waals surface area contributed by atoms with Crippen molar-refractivity contribution >= 4 is 5.69 Å². The summed E-state index contributed by atoms with van der Waals surface area (Å²) in [5.74, 6) is 1.83. The van der Waals surface area contributed by atoms with E-state index >= 15 is 0 Å². The third-order valence-electron chi connectivity index (χ3n) is 4.88. The first-order valence-corrected chi connectivity index (χ1v) is 7.95. The Labute approximate surface area is 127 Å². The highest BCUT2D eigenvalue weighted by Gasteiger charge is 2.34. The molecule has 0 bridgehead atoms. The van der Waals surface area contributed by atoms with Gasteiger partial charge in [-0.05, 0) is 38.4 Å². The van der Waals surface area contributed by atoms with E-state index in [2.05, 4.69) is 22.8 Å². The minimum absolute atomic E-state index is 0.500. The van der Waals surface area contributed by atoms with Gasteiger partial charge in [0.1, 0.15) is 11.5 Å². The van der Waals surface area contributed by atoms with Crippen molar-refractivity contribution in [1.29, 1.82) is 0 Å². The highest BCUT2D eigenvalue weighted by atomic mass is 16.5. The van der Waals surface area contributed by atoms with Gasteiger partial charge in [0.25, 0.3) is 0 Å². The predicted molar refractivity (Wildman–Crippen MR) is 85.6 cm³/mol. The molecule has 0 aliphatic carbocycles. The second kappa shape index (κ2) is 6.14. The van der Waals surface area contributed by atoms with Crippen LogP contribution in [0, 0.1) is 0 Å². The van der Waals surface area contributed by atoms with Gasteiger partial charge in [-0.2, -0.15) is 0 Å². The normalized spacial score (nSPS) is 26.3. The molecule has 2 fully saturated rings. The summed E-state index contributed by atoms with van der Waals surface area (Å²) in [6.45, 7) is 5.80. The van der Waals surface area contributed by atoms with Gasteiger partial charge in [0.15, 0.2) is 0 Å². The van der Waals surface area contributed by atoms with E-state index in [9.17, 15) is 0 Å². The molecule has 116 valence electrons. The number of ether oxygens (including phenoxy) is 2. The summed E-state index contributed by atoms with van der Waals surface area (Å²) in [4.78, 5) is 5.16. The molecule has 0 amide bonds. The van der Waals surface area contributed by atoms with E-state index in [4.69, 9.17) is 9.47 Å². The fraction of sp³-hybridized carbons (Fsp3) is 0.647. The fourth-order valence-electron chi connectivity index (χ4n) is 3.71. The summed E-state index contributed by atoms with van der Waals surface area (Å²) in [6, 6.07) is 7.26. The predicted octanol–water partition coefficient (Wildman–Crippen LogP) is 2.77. The number of piperazine rings is 1. The molecule has 1 aromatic carbocycles. The van der Waals surface area contributed by atoms with Crippen molar-refractivity contribution in [2.24, 2.45) is 0 Å². The first-order valence-electron chi connectivity index (χ1n) is 7.95. The van der Waals surface area contributed by atoms with E-state index in [0.29, 0.717) is 12.1 Å². The number of nitrogens with zero attached hydrogens (tertiary/aromatic N) is 2. The van der Waals surface area contributed by atoms with Crippen LogP contribution in [0.1, 0.15) is 26.2 Å². The number of methoxy groups -OCH3 is 2. The molecule has 21 heavy (non-hydrogen) atoms. The Kier molecular flexibility index (Phi) is 4.24. The molecule has 0 radical (unpaired) electrons. The zero-order chi connectivity index (χ0) is 14.8. The molecule has 2 unspecified atom stereocenters. The highest BCUT2D eigenvalue weighted by molar-refractivity contribution is 5.62. The second-order valence-electron chi connectivity index (χ2n) is 6.18. The van der Waals surface area contributed by atoms with Crippen molar-refractivity contribution in [3.63, 3.8) is 0 Å². The summed E-state index contributed by atoms with van der Waals surface area (Å²) in [7, 11) is 3.46. The largest absolute Gasteiger partial charge is 0.497 e. The number of fused-ring (bicyclic) bond motifs is 1. The van der Waals surface area contributed by atoms with Gasteiger partial charge in [-0.15, -0.1) is 0 Å². The van der Waals surface area contributed by atoms with E-state index in [1.807, 2.05) is 12.1 Å². The van der Waals surface area contributed by atoms with Gasteiger partial charge in [0, 0.05) is 31.2 Å². The summed E-state index contributed by atoms with van der Waals surface area (Å²) in [5, 5.41) is 0. The number of hydrogen-bond donors (Lipinski definition) is 0. The van der Waals surface area contributed by atoms with Crippen molar-refractivity contribution < 1.29 is 9.47 Å². The first kappa shape index (κ1) is 14.5. The minimum atomic E-state index is 0.500. The second-order valence-corrected chi connectivity index (χ2v) is 6.18. The number of hydrogen-bond acceptors (Lipinski definition) is 4. The van der Waals surface area contributed by atoms with Crippen molar-refractivity contribution in [1.82, 2.24) is 4.90 Å². The molecule has 4 heteroatoms. The number of anilines is 1. The van der Waals surface area contributed by atoms with Gasteiger partial charge in [-0.1, -0.05) is 6.42 Å². The molecule has 0 saturated carbocycles. The topological polar surface area (TPSA) is 24.9 Å². The van der Waals surface area contributed by atoms with E-state index in [1.54, 1.807) is 14.2 Å². The van der Waals surface area contributed by atoms with Crippen LogP contribution in [0.4, 0.5) is 5.69 Å². The number of piperidine rings is 1. The Morgan fingerprint density at radius 3 is 2.71 bits per heavy atom. The van der Waals surface area contributed by atoms with Crippen molar-refractivity contribution in [3.8, 4) is 11.5 Å². The Morgan fingerprint density at radius 1 is 1.10 bits per heavy atom. The molecule has 0 spiro atoms. The van der Waals surface area contributed by atoms with E-state index in [0.717, 1.165) is 30.3 Å². The Bertz CT molecular complexity index is 492. The molecular formula is C17H26N2O2. The third kappa shape index (κ3) is 2.82. The zero-order valence-corrected chi connectivity index (χ0v) is 13.3. The molecule has 4 nitrogen and oxygen atoms in total. The van der Waals surface area contributed by atoms with Crippen molar-refractivity contribution in [2.75, 3.05) is 38.8 Å². The van der Waals surface area contributed by atoms with E-state index < -0.39 is 0 Å². The lowest BCUT2D eigenvalue weighted by Gasteiger charge is -2.48. The Balaban J connectivity index is 1.88. The summed E-state index contributed by atoms with van der Waals surface area (Å²) in [5.41, 5.74) is 1.16. The average molecular weight is 290 g/mol. The molecule has 2 atom stereocenters. The van der Waals surface area contributed by atoms with E-state index in [-0.39, 0.29) is 0 Å². The summed E-state index contributed by atoms with van der Waals surface area (Å²) in [6.07, 6.45) is 4.03. The molecular weight excluding hydrogens is 264 g/mol. The molecule has 2 aliphatic rings. The third-order valence-corrected chi connectivity index (χ3v) is 4.88. The smallest absolute Gasteiger partial charge is 0.142 e. The maximum atomic E-state index is 5.57. The quantitative estimate of drug-likeness (QED) is 0.854. The van der Waals surface area contributed by atoms with Crippen LogP contribution in [-0.2, 0) is 0 Å². The molecule has 0 N–H and O–H groups in total. The number of benzene rings is 1. The minimum Gasteiger partial charge on any atom is -0.497 e. The summed E-state index contributed by atoms with van der Waals surface area (Å²) < 4.78 is 11.0. The lowest BCUT2D eigenvalue weighted by Crippen LogP contribution is -2.58. The molecule has 2 aliphatic heterocycles. The monoisotopic (exact) mass is 290 g/mol. The maximum absolute atomic E-state index is 5.57. The van der Waals surface area contributed by atoms with Crippen LogP contribution in [0.5, 0.6) is 11.5 Å². The lowest BCUT2D eigenvalue weighted by molar-refractivity contribution is 0.115. The van der Waals surface area contributed by atoms with Gasteiger partial charge in [0.05, 0.1) is 19.9 Å².